The van der Waals surface area contributed by atoms with E-state index in [0.717, 1.165) is 87.1 Å². The third kappa shape index (κ3) is 9.38. The number of ether oxygens (including phenoxy) is 1. The molecule has 1 saturated heterocycles. The Bertz CT molecular complexity index is 2920. The minimum absolute atomic E-state index is 0.335. The molecule has 9 heteroatoms. The molecular weight excluding hydrogens is 807 g/mol. The fourth-order valence-corrected chi connectivity index (χ4v) is 9.36. The lowest BCUT2D eigenvalue weighted by atomic mass is 10.0. The number of hydrogen-bond donors (Lipinski definition) is 0. The maximum absolute atomic E-state index is 14.3. The Morgan fingerprint density at radius 1 is 0.769 bits per heavy atom. The van der Waals surface area contributed by atoms with Crippen LogP contribution in [-0.4, -0.2) is 41.1 Å². The lowest BCUT2D eigenvalue weighted by Gasteiger charge is -2.21. The molecule has 3 heterocycles. The zero-order valence-corrected chi connectivity index (χ0v) is 39.3. The Morgan fingerprint density at radius 3 is 2.17 bits per heavy atom. The van der Waals surface area contributed by atoms with E-state index in [-0.39, 0.29) is 11.8 Å². The van der Waals surface area contributed by atoms with Gasteiger partial charge in [-0.2, -0.15) is 0 Å². The summed E-state index contributed by atoms with van der Waals surface area (Å²) in [5.41, 5.74) is 9.08. The van der Waals surface area contributed by atoms with Gasteiger partial charge in [0.05, 0.1) is 34.5 Å². The van der Waals surface area contributed by atoms with Crippen molar-refractivity contribution in [3.8, 4) is 17.2 Å². The number of unbranched alkanes of at least 4 members (excludes halogenated alkanes) is 9. The SMILES string of the molecule is CCCCCCCCCCCCOc1ccc2c3nc4ccc(N(CC)CC)cc4oc-3cc(=Nc3ccc(N4C(=O)C(=C(C)C)/C(=C/c5c(C)c6ccccc6n5C)C4=O)cc3)c2c1. The van der Waals surface area contributed by atoms with Crippen LogP contribution in [0.3, 0.4) is 0 Å². The number of carbonyl (C=O) groups excluding carboxylic acids is 2. The zero-order chi connectivity index (χ0) is 45.6. The second-order valence-corrected chi connectivity index (χ2v) is 17.6. The molecule has 0 radical (unpaired) electrons. The van der Waals surface area contributed by atoms with E-state index in [1.807, 2.05) is 69.4 Å². The number of aromatic nitrogens is 2. The first-order chi connectivity index (χ1) is 31.6. The summed E-state index contributed by atoms with van der Waals surface area (Å²) in [6.45, 7) is 14.8. The van der Waals surface area contributed by atoms with Gasteiger partial charge < -0.3 is 18.6 Å². The maximum Gasteiger partial charge on any atom is 0.266 e. The van der Waals surface area contributed by atoms with Crippen LogP contribution >= 0.6 is 0 Å². The van der Waals surface area contributed by atoms with Crippen molar-refractivity contribution in [1.29, 1.82) is 0 Å². The van der Waals surface area contributed by atoms with Gasteiger partial charge in [0.2, 0.25) is 0 Å². The summed E-state index contributed by atoms with van der Waals surface area (Å²) >= 11 is 0. The molecule has 1 aliphatic carbocycles. The predicted octanol–water partition coefficient (Wildman–Crippen LogP) is 13.6. The summed E-state index contributed by atoms with van der Waals surface area (Å²) in [6, 6.07) is 29.7. The van der Waals surface area contributed by atoms with E-state index >= 15 is 0 Å². The topological polar surface area (TPSA) is 93.2 Å². The molecule has 1 aromatic heterocycles. The number of allylic oxidation sites excluding steroid dienone is 1. The fraction of sp³-hybridized carbons (Fsp3) is 0.357. The number of para-hydroxylation sites is 1. The van der Waals surface area contributed by atoms with Gasteiger partial charge in [0.15, 0.2) is 11.3 Å². The van der Waals surface area contributed by atoms with Gasteiger partial charge in [0.25, 0.3) is 11.8 Å². The molecule has 8 rings (SSSR count). The van der Waals surface area contributed by atoms with Gasteiger partial charge in [0.1, 0.15) is 17.0 Å². The molecule has 0 spiro atoms. The summed E-state index contributed by atoms with van der Waals surface area (Å²) in [5.74, 6) is 0.722. The monoisotopic (exact) mass is 869 g/mol. The quantitative estimate of drug-likeness (QED) is 0.0280. The summed E-state index contributed by atoms with van der Waals surface area (Å²) in [6.07, 6.45) is 14.6. The molecule has 0 atom stereocenters. The van der Waals surface area contributed by atoms with E-state index in [0.29, 0.717) is 45.8 Å². The number of aryl methyl sites for hydroxylation is 2. The van der Waals surface area contributed by atoms with Crippen molar-refractivity contribution in [2.75, 3.05) is 29.5 Å². The van der Waals surface area contributed by atoms with E-state index in [1.165, 1.54) is 56.3 Å². The van der Waals surface area contributed by atoms with Crippen LogP contribution in [0.5, 0.6) is 5.75 Å². The molecule has 4 aromatic carbocycles. The van der Waals surface area contributed by atoms with E-state index < -0.39 is 0 Å². The number of anilines is 2. The van der Waals surface area contributed by atoms with Gasteiger partial charge in [-0.05, 0) is 113 Å². The smallest absolute Gasteiger partial charge is 0.266 e. The van der Waals surface area contributed by atoms with Gasteiger partial charge in [-0.3, -0.25) is 9.59 Å². The molecule has 0 unspecified atom stereocenters. The highest BCUT2D eigenvalue weighted by Crippen LogP contribution is 2.37. The van der Waals surface area contributed by atoms with Crippen LogP contribution in [0.15, 0.2) is 117 Å². The maximum atomic E-state index is 14.3. The minimum Gasteiger partial charge on any atom is -0.494 e. The number of carbonyl (C=O) groups is 2. The molecule has 2 aliphatic heterocycles. The third-order valence-corrected chi connectivity index (χ3v) is 13.0. The summed E-state index contributed by atoms with van der Waals surface area (Å²) in [5, 5.41) is 3.61. The summed E-state index contributed by atoms with van der Waals surface area (Å²) < 4.78 is 15.1. The number of amides is 2. The van der Waals surface area contributed by atoms with E-state index in [9.17, 15) is 9.59 Å². The van der Waals surface area contributed by atoms with Crippen molar-refractivity contribution in [2.45, 2.75) is 106 Å². The first-order valence-corrected chi connectivity index (χ1v) is 23.8. The third-order valence-electron chi connectivity index (χ3n) is 13.0. The summed E-state index contributed by atoms with van der Waals surface area (Å²) in [4.78, 5) is 42.2. The molecule has 1 fully saturated rings. The van der Waals surface area contributed by atoms with Crippen molar-refractivity contribution < 1.29 is 18.7 Å². The van der Waals surface area contributed by atoms with E-state index in [2.05, 4.69) is 73.6 Å². The Balaban J connectivity index is 1.11. The van der Waals surface area contributed by atoms with Crippen molar-refractivity contribution in [3.63, 3.8) is 0 Å². The second-order valence-electron chi connectivity index (χ2n) is 17.6. The Kier molecular flexibility index (Phi) is 14.0. The molecule has 3 aliphatic rings. The van der Waals surface area contributed by atoms with Crippen LogP contribution in [0, 0.1) is 6.92 Å². The minimum atomic E-state index is -0.350. The fourth-order valence-electron chi connectivity index (χ4n) is 9.36. The highest BCUT2D eigenvalue weighted by molar-refractivity contribution is 6.38. The Hall–Kier alpha value is -6.48. The molecule has 0 bridgehead atoms. The lowest BCUT2D eigenvalue weighted by Crippen LogP contribution is -2.29. The van der Waals surface area contributed by atoms with Crippen LogP contribution in [0.4, 0.5) is 17.1 Å². The number of benzene rings is 5. The van der Waals surface area contributed by atoms with Crippen LogP contribution in [-0.2, 0) is 16.6 Å². The van der Waals surface area contributed by atoms with Crippen molar-refractivity contribution >= 4 is 67.7 Å². The van der Waals surface area contributed by atoms with E-state index in [4.69, 9.17) is 19.1 Å². The molecule has 0 N–H and O–H groups in total. The standard InChI is InChI=1S/C56H63N5O4/c1-8-11-12-13-14-15-16-17-18-21-32-64-42-29-30-44-45(34-42)48(36-52-54(44)58-47-31-28-41(33-51(47)65-52)60(9-2)10-3)57-39-24-26-40(27-25-39)61-55(62)46(53(37(4)5)56(61)63)35-50-38(6)43-22-19-20-23-49(43)59(50)7/h19-20,22-31,33-36H,8-18,21,32H2,1-7H3/b46-35-,57-48?. The van der Waals surface area contributed by atoms with Crippen LogP contribution < -0.4 is 19.9 Å². The molecule has 336 valence electrons. The van der Waals surface area contributed by atoms with Crippen LogP contribution in [0.2, 0.25) is 0 Å². The van der Waals surface area contributed by atoms with Gasteiger partial charge in [-0.15, -0.1) is 0 Å². The normalized spacial score (nSPS) is 14.1. The number of rotatable bonds is 18. The van der Waals surface area contributed by atoms with Gasteiger partial charge in [-0.25, -0.2) is 14.9 Å². The average molecular weight is 870 g/mol. The summed E-state index contributed by atoms with van der Waals surface area (Å²) in [7, 11) is 1.99. The van der Waals surface area contributed by atoms with Crippen LogP contribution in [0.25, 0.3) is 50.3 Å². The van der Waals surface area contributed by atoms with Crippen molar-refractivity contribution in [2.24, 2.45) is 12.0 Å². The Labute approximate surface area is 383 Å². The van der Waals surface area contributed by atoms with Gasteiger partial charge >= 0.3 is 0 Å². The van der Waals surface area contributed by atoms with Crippen molar-refractivity contribution in [3.05, 3.63) is 124 Å². The highest BCUT2D eigenvalue weighted by Gasteiger charge is 2.40. The van der Waals surface area contributed by atoms with E-state index in [1.54, 1.807) is 12.1 Å². The highest BCUT2D eigenvalue weighted by atomic mass is 16.5. The zero-order valence-electron chi connectivity index (χ0n) is 39.3. The predicted molar refractivity (Wildman–Crippen MR) is 267 cm³/mol. The number of hydrogen-bond acceptors (Lipinski definition) is 7. The lowest BCUT2D eigenvalue weighted by molar-refractivity contribution is -0.119. The number of fused-ring (bicyclic) bond motifs is 5. The second kappa shape index (κ2) is 20.1. The van der Waals surface area contributed by atoms with Crippen molar-refractivity contribution in [1.82, 2.24) is 9.55 Å². The number of nitrogens with zero attached hydrogens (tertiary/aromatic N) is 5. The Morgan fingerprint density at radius 2 is 1.48 bits per heavy atom. The molecule has 0 saturated carbocycles. The molecular formula is C56H63N5O4. The molecule has 2 amide bonds. The average Bonchev–Trinajstić information content (AvgIpc) is 3.71. The molecule has 9 nitrogen and oxygen atoms in total. The first-order valence-electron chi connectivity index (χ1n) is 23.8. The number of imide groups is 1. The largest absolute Gasteiger partial charge is 0.494 e. The molecule has 65 heavy (non-hydrogen) atoms. The molecule has 5 aromatic rings. The van der Waals surface area contributed by atoms with Gasteiger partial charge in [-0.1, -0.05) is 88.5 Å². The van der Waals surface area contributed by atoms with Gasteiger partial charge in [0, 0.05) is 65.3 Å². The van der Waals surface area contributed by atoms with Crippen LogP contribution in [0.1, 0.15) is 110 Å². The first kappa shape index (κ1) is 45.1.